The van der Waals surface area contributed by atoms with Crippen molar-refractivity contribution in [3.8, 4) is 0 Å². The van der Waals surface area contributed by atoms with E-state index in [1.807, 2.05) is 13.8 Å². The predicted molar refractivity (Wildman–Crippen MR) is 70.9 cm³/mol. The minimum Gasteiger partial charge on any atom is -0.333 e. The van der Waals surface area contributed by atoms with Crippen LogP contribution in [-0.2, 0) is 0 Å². The van der Waals surface area contributed by atoms with Crippen LogP contribution in [0.5, 0.6) is 0 Å². The summed E-state index contributed by atoms with van der Waals surface area (Å²) in [5.41, 5.74) is 2.18. The number of amides is 1. The maximum absolute atomic E-state index is 14.1. The molecule has 19 heavy (non-hydrogen) atoms. The van der Waals surface area contributed by atoms with Crippen LogP contribution >= 0.6 is 0 Å². The van der Waals surface area contributed by atoms with Crippen LogP contribution in [0.1, 0.15) is 43.5 Å². The molecule has 5 nitrogen and oxygen atoms in total. The van der Waals surface area contributed by atoms with Gasteiger partial charge in [-0.1, -0.05) is 6.92 Å². The van der Waals surface area contributed by atoms with Gasteiger partial charge in [-0.15, -0.1) is 0 Å². The van der Waals surface area contributed by atoms with Crippen LogP contribution in [0.2, 0.25) is 0 Å². The molecule has 2 rings (SSSR count). The highest BCUT2D eigenvalue weighted by atomic mass is 19.1. The number of hydrogen-bond donors (Lipinski definition) is 2. The zero-order valence-electron chi connectivity index (χ0n) is 11.2. The molecular formula is C13H19FN4O. The number of halogens is 1. The summed E-state index contributed by atoms with van der Waals surface area (Å²) in [5, 5.41) is 0. The lowest BCUT2D eigenvalue weighted by molar-refractivity contribution is 0.0671. The highest BCUT2D eigenvalue weighted by molar-refractivity contribution is 5.95. The smallest absolute Gasteiger partial charge is 0.257 e. The first-order valence-corrected chi connectivity index (χ1v) is 6.53. The summed E-state index contributed by atoms with van der Waals surface area (Å²) < 4.78 is 14.1. The second kappa shape index (κ2) is 5.52. The van der Waals surface area contributed by atoms with E-state index in [4.69, 9.17) is 5.84 Å². The zero-order chi connectivity index (χ0) is 14.0. The van der Waals surface area contributed by atoms with Gasteiger partial charge in [0, 0.05) is 18.3 Å². The predicted octanol–water partition coefficient (Wildman–Crippen LogP) is 1.91. The molecule has 0 saturated carbocycles. The highest BCUT2D eigenvalue weighted by Crippen LogP contribution is 2.29. The first-order chi connectivity index (χ1) is 9.10. The lowest BCUT2D eigenvalue weighted by atomic mass is 10.1. The van der Waals surface area contributed by atoms with Crippen molar-refractivity contribution < 1.29 is 9.18 Å². The zero-order valence-corrected chi connectivity index (χ0v) is 11.2. The number of hydrazine groups is 1. The Hall–Kier alpha value is -1.69. The third-order valence-corrected chi connectivity index (χ3v) is 3.75. The van der Waals surface area contributed by atoms with Crippen molar-refractivity contribution in [2.45, 2.75) is 45.2 Å². The largest absolute Gasteiger partial charge is 0.333 e. The van der Waals surface area contributed by atoms with Gasteiger partial charge in [0.2, 0.25) is 0 Å². The Balaban J connectivity index is 2.33. The fraction of sp³-hybridized carbons (Fsp3) is 0.538. The average molecular weight is 266 g/mol. The van der Waals surface area contributed by atoms with Gasteiger partial charge >= 0.3 is 0 Å². The summed E-state index contributed by atoms with van der Waals surface area (Å²) in [6.07, 6.45) is 4.19. The molecule has 2 heterocycles. The van der Waals surface area contributed by atoms with Crippen molar-refractivity contribution in [1.29, 1.82) is 0 Å². The quantitative estimate of drug-likeness (QED) is 0.647. The monoisotopic (exact) mass is 266 g/mol. The van der Waals surface area contributed by atoms with E-state index >= 15 is 0 Å². The summed E-state index contributed by atoms with van der Waals surface area (Å²) in [5.74, 6) is 4.10. The van der Waals surface area contributed by atoms with Crippen molar-refractivity contribution in [2.24, 2.45) is 5.84 Å². The molecule has 3 N–H and O–H groups in total. The number of nitrogens with one attached hydrogen (secondary N) is 1. The van der Waals surface area contributed by atoms with E-state index in [1.54, 1.807) is 4.90 Å². The van der Waals surface area contributed by atoms with E-state index in [9.17, 15) is 9.18 Å². The van der Waals surface area contributed by atoms with Crippen LogP contribution in [0.15, 0.2) is 12.3 Å². The first-order valence-electron chi connectivity index (χ1n) is 6.53. The molecule has 2 atom stereocenters. The minimum atomic E-state index is -0.691. The third-order valence-electron chi connectivity index (χ3n) is 3.75. The average Bonchev–Trinajstić information content (AvgIpc) is 2.79. The second-order valence-corrected chi connectivity index (χ2v) is 4.87. The first kappa shape index (κ1) is 13.7. The van der Waals surface area contributed by atoms with Crippen LogP contribution in [0.3, 0.4) is 0 Å². The van der Waals surface area contributed by atoms with Crippen molar-refractivity contribution in [2.75, 3.05) is 5.43 Å². The molecule has 1 amide bonds. The molecule has 0 aromatic carbocycles. The van der Waals surface area contributed by atoms with Gasteiger partial charge in [0.1, 0.15) is 0 Å². The van der Waals surface area contributed by atoms with E-state index in [1.165, 1.54) is 12.3 Å². The van der Waals surface area contributed by atoms with Crippen LogP contribution in [-0.4, -0.2) is 27.9 Å². The van der Waals surface area contributed by atoms with Gasteiger partial charge in [-0.25, -0.2) is 15.2 Å². The fourth-order valence-electron chi connectivity index (χ4n) is 2.69. The topological polar surface area (TPSA) is 71.2 Å². The summed E-state index contributed by atoms with van der Waals surface area (Å²) in [6.45, 7) is 4.04. The number of rotatable bonds is 3. The number of likely N-dealkylation sites (tertiary alicyclic amines) is 1. The van der Waals surface area contributed by atoms with Gasteiger partial charge in [0.05, 0.1) is 5.56 Å². The molecule has 1 aromatic rings. The minimum absolute atomic E-state index is 0.0233. The van der Waals surface area contributed by atoms with Crippen LogP contribution < -0.4 is 11.3 Å². The maximum Gasteiger partial charge on any atom is 0.257 e. The van der Waals surface area contributed by atoms with Crippen LogP contribution in [0.4, 0.5) is 10.2 Å². The fourth-order valence-corrected chi connectivity index (χ4v) is 2.69. The lowest BCUT2D eigenvalue weighted by Crippen LogP contribution is -2.40. The number of nitrogen functional groups attached to an aromatic ring is 1. The summed E-state index contributed by atoms with van der Waals surface area (Å²) in [7, 11) is 0. The molecule has 0 aliphatic carbocycles. The van der Waals surface area contributed by atoms with Crippen LogP contribution in [0.25, 0.3) is 0 Å². The summed E-state index contributed by atoms with van der Waals surface area (Å²) in [6, 6.07) is 1.72. The van der Waals surface area contributed by atoms with Gasteiger partial charge < -0.3 is 10.3 Å². The van der Waals surface area contributed by atoms with E-state index in [-0.39, 0.29) is 29.4 Å². The number of pyridine rings is 1. The molecule has 104 valence electrons. The van der Waals surface area contributed by atoms with E-state index < -0.39 is 5.82 Å². The number of hydrogen-bond acceptors (Lipinski definition) is 4. The molecule has 1 aliphatic heterocycles. The molecule has 6 heteroatoms. The van der Waals surface area contributed by atoms with Crippen molar-refractivity contribution in [1.82, 2.24) is 9.88 Å². The van der Waals surface area contributed by atoms with Crippen molar-refractivity contribution in [3.05, 3.63) is 23.6 Å². The summed E-state index contributed by atoms with van der Waals surface area (Å²) >= 11 is 0. The van der Waals surface area contributed by atoms with Crippen molar-refractivity contribution >= 4 is 11.7 Å². The number of carbonyl (C=O) groups is 1. The van der Waals surface area contributed by atoms with E-state index in [0.29, 0.717) is 0 Å². The molecule has 1 fully saturated rings. The lowest BCUT2D eigenvalue weighted by Gasteiger charge is -2.28. The Bertz CT molecular complexity index is 480. The molecule has 0 spiro atoms. The normalized spacial score (nSPS) is 22.6. The number of nitrogens with two attached hydrogens (primary N) is 1. The second-order valence-electron chi connectivity index (χ2n) is 4.87. The third kappa shape index (κ3) is 2.40. The van der Waals surface area contributed by atoms with E-state index in [0.717, 1.165) is 19.3 Å². The van der Waals surface area contributed by atoms with Gasteiger partial charge in [0.15, 0.2) is 11.6 Å². The molecular weight excluding hydrogens is 247 g/mol. The Kier molecular flexibility index (Phi) is 3.99. The Labute approximate surface area is 112 Å². The van der Waals surface area contributed by atoms with Gasteiger partial charge in [0.25, 0.3) is 5.91 Å². The number of nitrogens with zero attached hydrogens (tertiary/aromatic N) is 2. The molecule has 1 aliphatic rings. The molecule has 2 unspecified atom stereocenters. The number of carbonyl (C=O) groups excluding carboxylic acids is 1. The Morgan fingerprint density at radius 1 is 1.63 bits per heavy atom. The Morgan fingerprint density at radius 2 is 2.37 bits per heavy atom. The van der Waals surface area contributed by atoms with E-state index in [2.05, 4.69) is 10.4 Å². The maximum atomic E-state index is 14.1. The molecule has 1 saturated heterocycles. The van der Waals surface area contributed by atoms with Gasteiger partial charge in [-0.3, -0.25) is 4.79 Å². The highest BCUT2D eigenvalue weighted by Gasteiger charge is 2.35. The van der Waals surface area contributed by atoms with Gasteiger partial charge in [-0.2, -0.15) is 0 Å². The Morgan fingerprint density at radius 3 is 3.00 bits per heavy atom. The van der Waals surface area contributed by atoms with Crippen molar-refractivity contribution in [3.63, 3.8) is 0 Å². The molecule has 0 radical (unpaired) electrons. The number of anilines is 1. The standard InChI is InChI=1S/C13H19FN4O/c1-3-9-5-4-8(2)18(9)13(19)10-6-7-16-12(17-15)11(10)14/h6-9H,3-5,15H2,1-2H3,(H,16,17). The molecule has 0 bridgehead atoms. The number of aromatic nitrogens is 1. The van der Waals surface area contributed by atoms with Gasteiger partial charge in [-0.05, 0) is 32.3 Å². The molecule has 1 aromatic heterocycles. The summed E-state index contributed by atoms with van der Waals surface area (Å²) in [4.78, 5) is 18.0. The SMILES string of the molecule is CCC1CCC(C)N1C(=O)c1ccnc(NN)c1F. The van der Waals surface area contributed by atoms with Crippen LogP contribution in [0, 0.1) is 5.82 Å².